The molecule has 2 aliphatic carbocycles. The van der Waals surface area contributed by atoms with Gasteiger partial charge in [0, 0.05) is 5.56 Å². The van der Waals surface area contributed by atoms with Gasteiger partial charge in [-0.15, -0.1) is 0 Å². The fourth-order valence-electron chi connectivity index (χ4n) is 5.63. The molecule has 0 heterocycles. The fourth-order valence-corrected chi connectivity index (χ4v) is 5.63. The highest BCUT2D eigenvalue weighted by molar-refractivity contribution is 5.64. The molecule has 0 saturated heterocycles. The molecule has 2 aliphatic rings. The molecular weight excluding hydrogens is 338 g/mol. The topological polar surface area (TPSA) is 0 Å². The van der Waals surface area contributed by atoms with Gasteiger partial charge in [0.25, 0.3) is 0 Å². The van der Waals surface area contributed by atoms with Gasteiger partial charge in [-0.05, 0) is 85.1 Å². The predicted molar refractivity (Wildman–Crippen MR) is 108 cm³/mol. The highest BCUT2D eigenvalue weighted by atomic mass is 19.1. The van der Waals surface area contributed by atoms with E-state index in [9.17, 15) is 8.78 Å². The third-order valence-corrected chi connectivity index (χ3v) is 7.02. The van der Waals surface area contributed by atoms with E-state index in [2.05, 4.69) is 13.0 Å². The third kappa shape index (κ3) is 4.10. The normalized spacial score (nSPS) is 28.0. The van der Waals surface area contributed by atoms with E-state index in [1.807, 2.05) is 6.07 Å². The van der Waals surface area contributed by atoms with Gasteiger partial charge in [0.15, 0.2) is 0 Å². The van der Waals surface area contributed by atoms with Crippen LogP contribution in [0.4, 0.5) is 8.78 Å². The lowest BCUT2D eigenvalue weighted by molar-refractivity contribution is 0.114. The Hall–Kier alpha value is -1.70. The largest absolute Gasteiger partial charge is 0.207 e. The van der Waals surface area contributed by atoms with Crippen LogP contribution in [-0.4, -0.2) is 0 Å². The van der Waals surface area contributed by atoms with Crippen molar-refractivity contribution in [3.8, 4) is 11.1 Å². The molecule has 144 valence electrons. The Morgan fingerprint density at radius 3 is 2.48 bits per heavy atom. The molecule has 2 aromatic rings. The SMILES string of the molecule is CCCC1CCC2CC(c3ccc(-c4cccc(F)c4)c(F)c3)CCC2C1. The number of hydrogen-bond donors (Lipinski definition) is 0. The van der Waals surface area contributed by atoms with Gasteiger partial charge >= 0.3 is 0 Å². The second-order valence-electron chi connectivity index (χ2n) is 8.75. The lowest BCUT2D eigenvalue weighted by Crippen LogP contribution is -2.30. The van der Waals surface area contributed by atoms with Crippen LogP contribution in [0.25, 0.3) is 11.1 Å². The zero-order valence-electron chi connectivity index (χ0n) is 16.3. The molecule has 0 aromatic heterocycles. The molecule has 0 aliphatic heterocycles. The van der Waals surface area contributed by atoms with Crippen LogP contribution >= 0.6 is 0 Å². The molecule has 2 saturated carbocycles. The van der Waals surface area contributed by atoms with Crippen LogP contribution in [0.2, 0.25) is 0 Å². The third-order valence-electron chi connectivity index (χ3n) is 7.02. The van der Waals surface area contributed by atoms with E-state index in [4.69, 9.17) is 0 Å². The summed E-state index contributed by atoms with van der Waals surface area (Å²) in [6.45, 7) is 2.30. The number of halogens is 2. The molecule has 0 radical (unpaired) electrons. The molecule has 0 N–H and O–H groups in total. The van der Waals surface area contributed by atoms with Crippen LogP contribution in [0.15, 0.2) is 42.5 Å². The Balaban J connectivity index is 1.46. The number of hydrogen-bond acceptors (Lipinski definition) is 0. The quantitative estimate of drug-likeness (QED) is 0.518. The molecule has 0 amide bonds. The van der Waals surface area contributed by atoms with Crippen molar-refractivity contribution < 1.29 is 8.78 Å². The minimum absolute atomic E-state index is 0.230. The summed E-state index contributed by atoms with van der Waals surface area (Å²) in [5, 5.41) is 0. The standard InChI is InChI=1S/C25H30F2/c1-2-4-17-7-8-19-14-20(10-9-18(19)13-17)21-11-12-24(25(27)16-21)22-5-3-6-23(26)15-22/h3,5-6,11-12,15-20H,2,4,7-10,13-14H2,1H3. The van der Waals surface area contributed by atoms with E-state index in [0.717, 1.165) is 23.3 Å². The summed E-state index contributed by atoms with van der Waals surface area (Å²) >= 11 is 0. The van der Waals surface area contributed by atoms with Gasteiger partial charge in [0.1, 0.15) is 11.6 Å². The first-order valence-electron chi connectivity index (χ1n) is 10.7. The maximum Gasteiger partial charge on any atom is 0.131 e. The predicted octanol–water partition coefficient (Wildman–Crippen LogP) is 7.73. The summed E-state index contributed by atoms with van der Waals surface area (Å²) < 4.78 is 28.2. The van der Waals surface area contributed by atoms with Gasteiger partial charge in [-0.2, -0.15) is 0 Å². The highest BCUT2D eigenvalue weighted by Crippen LogP contribution is 2.48. The second-order valence-corrected chi connectivity index (χ2v) is 8.75. The molecule has 2 fully saturated rings. The molecule has 2 aromatic carbocycles. The number of benzene rings is 2. The van der Waals surface area contributed by atoms with Gasteiger partial charge in [-0.3, -0.25) is 0 Å². The Morgan fingerprint density at radius 2 is 1.70 bits per heavy atom. The molecule has 0 spiro atoms. The number of rotatable bonds is 4. The van der Waals surface area contributed by atoms with Crippen molar-refractivity contribution in [1.82, 2.24) is 0 Å². The maximum absolute atomic E-state index is 14.8. The van der Waals surface area contributed by atoms with Crippen LogP contribution in [0.5, 0.6) is 0 Å². The molecular formula is C25H30F2. The van der Waals surface area contributed by atoms with Crippen LogP contribution in [0, 0.1) is 29.4 Å². The molecule has 4 rings (SSSR count). The van der Waals surface area contributed by atoms with Gasteiger partial charge in [0.2, 0.25) is 0 Å². The first-order valence-corrected chi connectivity index (χ1v) is 10.7. The maximum atomic E-state index is 14.8. The van der Waals surface area contributed by atoms with E-state index in [-0.39, 0.29) is 11.6 Å². The van der Waals surface area contributed by atoms with Crippen LogP contribution in [0.1, 0.15) is 69.8 Å². The van der Waals surface area contributed by atoms with Gasteiger partial charge in [0.05, 0.1) is 0 Å². The molecule has 4 atom stereocenters. The van der Waals surface area contributed by atoms with Gasteiger partial charge in [-0.1, -0.05) is 50.5 Å². The van der Waals surface area contributed by atoms with E-state index in [1.165, 1.54) is 63.5 Å². The molecule has 4 unspecified atom stereocenters. The zero-order chi connectivity index (χ0) is 18.8. The summed E-state index contributed by atoms with van der Waals surface area (Å²) in [6, 6.07) is 11.8. The van der Waals surface area contributed by atoms with Crippen molar-refractivity contribution in [1.29, 1.82) is 0 Å². The molecule has 2 heteroatoms. The Bertz CT molecular complexity index is 782. The van der Waals surface area contributed by atoms with Crippen molar-refractivity contribution in [2.45, 2.75) is 64.2 Å². The lowest BCUT2D eigenvalue weighted by atomic mass is 9.63. The van der Waals surface area contributed by atoms with Crippen LogP contribution in [0.3, 0.4) is 0 Å². The first kappa shape index (κ1) is 18.7. The average Bonchev–Trinajstić information content (AvgIpc) is 2.68. The molecule has 27 heavy (non-hydrogen) atoms. The van der Waals surface area contributed by atoms with E-state index in [1.54, 1.807) is 18.2 Å². The van der Waals surface area contributed by atoms with Crippen molar-refractivity contribution in [3.63, 3.8) is 0 Å². The van der Waals surface area contributed by atoms with Gasteiger partial charge < -0.3 is 0 Å². The fraction of sp³-hybridized carbons (Fsp3) is 0.520. The Labute approximate surface area is 162 Å². The summed E-state index contributed by atoms with van der Waals surface area (Å²) in [5.74, 6) is 2.58. The van der Waals surface area contributed by atoms with Crippen molar-refractivity contribution in [2.24, 2.45) is 17.8 Å². The Kier molecular flexibility index (Phi) is 5.61. The minimum Gasteiger partial charge on any atom is -0.207 e. The van der Waals surface area contributed by atoms with E-state index < -0.39 is 0 Å². The van der Waals surface area contributed by atoms with Crippen molar-refractivity contribution >= 4 is 0 Å². The van der Waals surface area contributed by atoms with E-state index >= 15 is 0 Å². The average molecular weight is 369 g/mol. The first-order chi connectivity index (χ1) is 13.1. The zero-order valence-corrected chi connectivity index (χ0v) is 16.3. The summed E-state index contributed by atoms with van der Waals surface area (Å²) in [7, 11) is 0. The summed E-state index contributed by atoms with van der Waals surface area (Å²) in [4.78, 5) is 0. The van der Waals surface area contributed by atoms with E-state index in [0.29, 0.717) is 17.0 Å². The van der Waals surface area contributed by atoms with Gasteiger partial charge in [-0.25, -0.2) is 8.78 Å². The molecule has 0 bridgehead atoms. The highest BCUT2D eigenvalue weighted by Gasteiger charge is 2.35. The van der Waals surface area contributed by atoms with Crippen LogP contribution < -0.4 is 0 Å². The second kappa shape index (κ2) is 8.12. The number of fused-ring (bicyclic) bond motifs is 1. The smallest absolute Gasteiger partial charge is 0.131 e. The Morgan fingerprint density at radius 1 is 0.889 bits per heavy atom. The van der Waals surface area contributed by atoms with Crippen molar-refractivity contribution in [3.05, 3.63) is 59.7 Å². The lowest BCUT2D eigenvalue weighted by Gasteiger charge is -2.42. The van der Waals surface area contributed by atoms with Crippen molar-refractivity contribution in [2.75, 3.05) is 0 Å². The summed E-state index contributed by atoms with van der Waals surface area (Å²) in [5.41, 5.74) is 2.23. The molecule has 0 nitrogen and oxygen atoms in total. The van der Waals surface area contributed by atoms with Crippen LogP contribution in [-0.2, 0) is 0 Å². The summed E-state index contributed by atoms with van der Waals surface area (Å²) in [6.07, 6.45) is 10.5. The monoisotopic (exact) mass is 368 g/mol. The minimum atomic E-state index is -0.326.